The Hall–Kier alpha value is -1.39. The quantitative estimate of drug-likeness (QED) is 0.813. The maximum atomic E-state index is 13.2. The fourth-order valence-corrected chi connectivity index (χ4v) is 2.49. The summed E-state index contributed by atoms with van der Waals surface area (Å²) in [6, 6.07) is 13.1. The molecule has 0 fully saturated rings. The number of hydrogen-bond acceptors (Lipinski definition) is 1. The van der Waals surface area contributed by atoms with E-state index in [1.165, 1.54) is 18.2 Å². The van der Waals surface area contributed by atoms with Crippen LogP contribution in [0, 0.1) is 5.82 Å². The lowest BCUT2D eigenvalue weighted by Gasteiger charge is -2.17. The summed E-state index contributed by atoms with van der Waals surface area (Å²) in [6.45, 7) is 0. The molecule has 0 aliphatic heterocycles. The van der Waals surface area contributed by atoms with E-state index in [0.29, 0.717) is 4.47 Å². The van der Waals surface area contributed by atoms with Gasteiger partial charge in [-0.15, -0.1) is 11.6 Å². The molecule has 0 saturated carbocycles. The van der Waals surface area contributed by atoms with Crippen LogP contribution < -0.4 is 5.32 Å². The average molecular weight is 357 g/mol. The zero-order valence-corrected chi connectivity index (χ0v) is 12.8. The molecule has 0 heterocycles. The molecule has 1 atom stereocenters. The van der Waals surface area contributed by atoms with Gasteiger partial charge in [0.05, 0.1) is 11.6 Å². The number of halogens is 3. The van der Waals surface area contributed by atoms with Crippen molar-refractivity contribution in [3.8, 4) is 0 Å². The Morgan fingerprint density at radius 3 is 2.60 bits per heavy atom. The van der Waals surface area contributed by atoms with Gasteiger partial charge in [-0.25, -0.2) is 4.39 Å². The SMILES string of the molecule is O=C(NC(CCl)c1ccccc1)c1cc(F)ccc1Br. The number of carbonyl (C=O) groups excluding carboxylic acids is 1. The Balaban J connectivity index is 2.20. The lowest BCUT2D eigenvalue weighted by molar-refractivity contribution is 0.0939. The van der Waals surface area contributed by atoms with E-state index in [1.54, 1.807) is 0 Å². The summed E-state index contributed by atoms with van der Waals surface area (Å²) in [5.41, 5.74) is 1.15. The van der Waals surface area contributed by atoms with Crippen molar-refractivity contribution in [3.63, 3.8) is 0 Å². The minimum absolute atomic E-state index is 0.239. The van der Waals surface area contributed by atoms with Crippen LogP contribution in [0.5, 0.6) is 0 Å². The van der Waals surface area contributed by atoms with Crippen LogP contribution in [0.15, 0.2) is 53.0 Å². The molecule has 2 aromatic rings. The standard InChI is InChI=1S/C15H12BrClFNO/c16-13-7-6-11(18)8-12(13)15(20)19-14(9-17)10-4-2-1-3-5-10/h1-8,14H,9H2,(H,19,20). The molecule has 2 nitrogen and oxygen atoms in total. The molecule has 0 spiro atoms. The van der Waals surface area contributed by atoms with E-state index < -0.39 is 5.82 Å². The second kappa shape index (κ2) is 6.86. The van der Waals surface area contributed by atoms with Crippen LogP contribution in [-0.4, -0.2) is 11.8 Å². The maximum Gasteiger partial charge on any atom is 0.253 e. The first-order valence-electron chi connectivity index (χ1n) is 5.98. The fraction of sp³-hybridized carbons (Fsp3) is 0.133. The van der Waals surface area contributed by atoms with E-state index in [0.717, 1.165) is 5.56 Å². The van der Waals surface area contributed by atoms with Crippen molar-refractivity contribution in [3.05, 3.63) is 69.9 Å². The van der Waals surface area contributed by atoms with Gasteiger partial charge in [-0.2, -0.15) is 0 Å². The molecular weight excluding hydrogens is 345 g/mol. The van der Waals surface area contributed by atoms with Gasteiger partial charge in [0.25, 0.3) is 5.91 Å². The maximum absolute atomic E-state index is 13.2. The molecule has 1 unspecified atom stereocenters. The first-order valence-corrected chi connectivity index (χ1v) is 7.31. The minimum Gasteiger partial charge on any atom is -0.344 e. The van der Waals surface area contributed by atoms with Gasteiger partial charge in [0.15, 0.2) is 0 Å². The van der Waals surface area contributed by atoms with Crippen LogP contribution in [0.4, 0.5) is 4.39 Å². The van der Waals surface area contributed by atoms with Gasteiger partial charge in [-0.3, -0.25) is 4.79 Å². The smallest absolute Gasteiger partial charge is 0.253 e. The van der Waals surface area contributed by atoms with E-state index in [-0.39, 0.29) is 23.4 Å². The predicted octanol–water partition coefficient (Wildman–Crippen LogP) is 4.30. The van der Waals surface area contributed by atoms with E-state index in [1.807, 2.05) is 30.3 Å². The van der Waals surface area contributed by atoms with Crippen molar-refractivity contribution in [1.82, 2.24) is 5.32 Å². The number of carbonyl (C=O) groups is 1. The first kappa shape index (κ1) is 15.0. The minimum atomic E-state index is -0.458. The number of rotatable bonds is 4. The van der Waals surface area contributed by atoms with Crippen LogP contribution >= 0.6 is 27.5 Å². The zero-order chi connectivity index (χ0) is 14.5. The molecule has 1 amide bonds. The number of hydrogen-bond donors (Lipinski definition) is 1. The number of benzene rings is 2. The van der Waals surface area contributed by atoms with Crippen molar-refractivity contribution in [1.29, 1.82) is 0 Å². The second-order valence-corrected chi connectivity index (χ2v) is 5.38. The number of amides is 1. The van der Waals surface area contributed by atoms with E-state index in [9.17, 15) is 9.18 Å². The van der Waals surface area contributed by atoms with Crippen molar-refractivity contribution in [2.24, 2.45) is 0 Å². The van der Waals surface area contributed by atoms with Crippen LogP contribution in [-0.2, 0) is 0 Å². The van der Waals surface area contributed by atoms with Gasteiger partial charge in [0.1, 0.15) is 5.82 Å². The predicted molar refractivity (Wildman–Crippen MR) is 81.5 cm³/mol. The van der Waals surface area contributed by atoms with Crippen molar-refractivity contribution in [2.75, 3.05) is 5.88 Å². The van der Waals surface area contributed by atoms with Crippen LogP contribution in [0.1, 0.15) is 22.0 Å². The monoisotopic (exact) mass is 355 g/mol. The number of nitrogens with one attached hydrogen (secondary N) is 1. The van der Waals surface area contributed by atoms with E-state index >= 15 is 0 Å². The largest absolute Gasteiger partial charge is 0.344 e. The van der Waals surface area contributed by atoms with Gasteiger partial charge in [-0.05, 0) is 39.7 Å². The lowest BCUT2D eigenvalue weighted by Crippen LogP contribution is -2.29. The lowest BCUT2D eigenvalue weighted by atomic mass is 10.1. The number of alkyl halides is 1. The summed E-state index contributed by atoms with van der Waals surface area (Å²) in [4.78, 5) is 12.2. The van der Waals surface area contributed by atoms with E-state index in [2.05, 4.69) is 21.2 Å². The third-order valence-corrected chi connectivity index (χ3v) is 3.83. The Labute approximate surface area is 130 Å². The summed E-state index contributed by atoms with van der Waals surface area (Å²) in [5.74, 6) is -0.589. The van der Waals surface area contributed by atoms with Gasteiger partial charge in [0, 0.05) is 10.4 Å². The molecule has 0 aliphatic rings. The summed E-state index contributed by atoms with van der Waals surface area (Å²) < 4.78 is 13.8. The molecule has 0 radical (unpaired) electrons. The molecular formula is C15H12BrClFNO. The van der Waals surface area contributed by atoms with Gasteiger partial charge in [-0.1, -0.05) is 30.3 Å². The van der Waals surface area contributed by atoms with Gasteiger partial charge >= 0.3 is 0 Å². The fourth-order valence-electron chi connectivity index (χ4n) is 1.80. The average Bonchev–Trinajstić information content (AvgIpc) is 2.48. The van der Waals surface area contributed by atoms with Gasteiger partial charge in [0.2, 0.25) is 0 Å². The summed E-state index contributed by atoms with van der Waals surface area (Å²) in [5, 5.41) is 2.80. The Morgan fingerprint density at radius 1 is 1.25 bits per heavy atom. The highest BCUT2D eigenvalue weighted by atomic mass is 79.9. The topological polar surface area (TPSA) is 29.1 Å². The highest BCUT2D eigenvalue weighted by Crippen LogP contribution is 2.20. The Bertz CT molecular complexity index is 606. The van der Waals surface area contributed by atoms with Crippen molar-refractivity contribution in [2.45, 2.75) is 6.04 Å². The Morgan fingerprint density at radius 2 is 1.95 bits per heavy atom. The summed E-state index contributed by atoms with van der Waals surface area (Å²) in [6.07, 6.45) is 0. The third kappa shape index (κ3) is 3.58. The highest BCUT2D eigenvalue weighted by Gasteiger charge is 2.17. The normalized spacial score (nSPS) is 11.9. The highest BCUT2D eigenvalue weighted by molar-refractivity contribution is 9.10. The Kier molecular flexibility index (Phi) is 5.15. The molecule has 0 aliphatic carbocycles. The second-order valence-electron chi connectivity index (χ2n) is 4.22. The molecule has 104 valence electrons. The van der Waals surface area contributed by atoms with Crippen LogP contribution in [0.25, 0.3) is 0 Å². The zero-order valence-electron chi connectivity index (χ0n) is 10.4. The third-order valence-electron chi connectivity index (χ3n) is 2.83. The first-order chi connectivity index (χ1) is 9.61. The van der Waals surface area contributed by atoms with Crippen molar-refractivity contribution < 1.29 is 9.18 Å². The molecule has 0 aromatic heterocycles. The molecule has 2 aromatic carbocycles. The van der Waals surface area contributed by atoms with Crippen LogP contribution in [0.2, 0.25) is 0 Å². The molecule has 0 saturated heterocycles. The van der Waals surface area contributed by atoms with Gasteiger partial charge < -0.3 is 5.32 Å². The molecule has 0 bridgehead atoms. The van der Waals surface area contributed by atoms with E-state index in [4.69, 9.17) is 11.6 Å². The van der Waals surface area contributed by atoms with Crippen molar-refractivity contribution >= 4 is 33.4 Å². The summed E-state index contributed by atoms with van der Waals surface area (Å²) >= 11 is 9.14. The molecule has 2 rings (SSSR count). The molecule has 5 heteroatoms. The van der Waals surface area contributed by atoms with Crippen LogP contribution in [0.3, 0.4) is 0 Å². The molecule has 20 heavy (non-hydrogen) atoms. The summed E-state index contributed by atoms with van der Waals surface area (Å²) in [7, 11) is 0. The molecule has 1 N–H and O–H groups in total.